The first kappa shape index (κ1) is 14.2. The van der Waals surface area contributed by atoms with Crippen molar-refractivity contribution in [2.75, 3.05) is 13.1 Å². The molecular formula is C13H19N3O2. The normalized spacial score (nSPS) is 10.2. The summed E-state index contributed by atoms with van der Waals surface area (Å²) in [5, 5.41) is 2.77. The molecule has 0 atom stereocenters. The maximum absolute atomic E-state index is 11.7. The van der Waals surface area contributed by atoms with Crippen LogP contribution in [-0.2, 0) is 4.79 Å². The second-order valence-electron chi connectivity index (χ2n) is 4.30. The molecule has 18 heavy (non-hydrogen) atoms. The van der Waals surface area contributed by atoms with Gasteiger partial charge in [-0.3, -0.25) is 14.6 Å². The Balaban J connectivity index is 2.42. The van der Waals surface area contributed by atoms with Crippen molar-refractivity contribution in [2.24, 2.45) is 0 Å². The summed E-state index contributed by atoms with van der Waals surface area (Å²) in [6, 6.07) is 3.55. The van der Waals surface area contributed by atoms with Crippen LogP contribution >= 0.6 is 0 Å². The van der Waals surface area contributed by atoms with Gasteiger partial charge in [0, 0.05) is 38.4 Å². The maximum Gasteiger partial charge on any atom is 0.252 e. The molecule has 0 aliphatic rings. The van der Waals surface area contributed by atoms with Crippen molar-refractivity contribution >= 4 is 11.8 Å². The van der Waals surface area contributed by atoms with Gasteiger partial charge in [-0.1, -0.05) is 0 Å². The molecule has 0 radical (unpaired) electrons. The zero-order chi connectivity index (χ0) is 13.5. The molecule has 1 aromatic heterocycles. The number of amides is 2. The Labute approximate surface area is 107 Å². The third kappa shape index (κ3) is 4.16. The van der Waals surface area contributed by atoms with Gasteiger partial charge in [0.2, 0.25) is 5.91 Å². The van der Waals surface area contributed by atoms with Gasteiger partial charge in [-0.25, -0.2) is 0 Å². The van der Waals surface area contributed by atoms with Crippen LogP contribution < -0.4 is 5.32 Å². The minimum atomic E-state index is -0.171. The highest BCUT2D eigenvalue weighted by Gasteiger charge is 2.12. The molecule has 0 saturated carbocycles. The van der Waals surface area contributed by atoms with E-state index in [0.29, 0.717) is 18.7 Å². The molecular weight excluding hydrogens is 230 g/mol. The maximum atomic E-state index is 11.7. The lowest BCUT2D eigenvalue weighted by Gasteiger charge is -2.25. The average molecular weight is 249 g/mol. The first-order valence-corrected chi connectivity index (χ1v) is 5.97. The highest BCUT2D eigenvalue weighted by molar-refractivity contribution is 5.93. The van der Waals surface area contributed by atoms with Gasteiger partial charge in [-0.15, -0.1) is 0 Å². The number of hydrogen-bond donors (Lipinski definition) is 1. The molecule has 0 bridgehead atoms. The van der Waals surface area contributed by atoms with E-state index >= 15 is 0 Å². The van der Waals surface area contributed by atoms with E-state index in [2.05, 4.69) is 10.3 Å². The molecule has 1 N–H and O–H groups in total. The number of hydrogen-bond acceptors (Lipinski definition) is 3. The number of aromatic nitrogens is 1. The molecule has 1 heterocycles. The molecule has 5 heteroatoms. The fourth-order valence-electron chi connectivity index (χ4n) is 1.67. The highest BCUT2D eigenvalue weighted by atomic mass is 16.2. The van der Waals surface area contributed by atoms with Crippen LogP contribution in [0.3, 0.4) is 0 Å². The molecule has 0 aliphatic heterocycles. The Kier molecular flexibility index (Phi) is 5.30. The largest absolute Gasteiger partial charge is 0.350 e. The first-order valence-electron chi connectivity index (χ1n) is 5.97. The zero-order valence-electron chi connectivity index (χ0n) is 11.0. The SMILES string of the molecule is CC(=O)N(CCNC(=O)c1cccnc1)C(C)C. The summed E-state index contributed by atoms with van der Waals surface area (Å²) in [5.41, 5.74) is 0.524. The Morgan fingerprint density at radius 3 is 2.67 bits per heavy atom. The predicted octanol–water partition coefficient (Wildman–Crippen LogP) is 1.07. The van der Waals surface area contributed by atoms with Gasteiger partial charge in [0.05, 0.1) is 5.56 Å². The summed E-state index contributed by atoms with van der Waals surface area (Å²) in [6.45, 7) is 6.38. The average Bonchev–Trinajstić information content (AvgIpc) is 2.34. The van der Waals surface area contributed by atoms with Gasteiger partial charge in [0.25, 0.3) is 5.91 Å². The zero-order valence-corrected chi connectivity index (χ0v) is 11.0. The van der Waals surface area contributed by atoms with E-state index in [1.165, 1.54) is 13.1 Å². The monoisotopic (exact) mass is 249 g/mol. The molecule has 0 saturated heterocycles. The van der Waals surface area contributed by atoms with Gasteiger partial charge in [-0.2, -0.15) is 0 Å². The third-order valence-corrected chi connectivity index (χ3v) is 2.59. The molecule has 2 amide bonds. The molecule has 5 nitrogen and oxygen atoms in total. The lowest BCUT2D eigenvalue weighted by atomic mass is 10.2. The van der Waals surface area contributed by atoms with E-state index in [9.17, 15) is 9.59 Å². The molecule has 1 rings (SSSR count). The molecule has 0 aromatic carbocycles. The standard InChI is InChI=1S/C13H19N3O2/c1-10(2)16(11(3)17)8-7-15-13(18)12-5-4-6-14-9-12/h4-6,9-10H,7-8H2,1-3H3,(H,15,18). The van der Waals surface area contributed by atoms with Crippen molar-refractivity contribution in [3.05, 3.63) is 30.1 Å². The lowest BCUT2D eigenvalue weighted by Crippen LogP contribution is -2.41. The second kappa shape index (κ2) is 6.74. The van der Waals surface area contributed by atoms with E-state index in [1.807, 2.05) is 13.8 Å². The summed E-state index contributed by atoms with van der Waals surface area (Å²) in [4.78, 5) is 28.6. The number of nitrogens with zero attached hydrogens (tertiary/aromatic N) is 2. The Hall–Kier alpha value is -1.91. The minimum absolute atomic E-state index is 0.0145. The quantitative estimate of drug-likeness (QED) is 0.849. The van der Waals surface area contributed by atoms with Crippen LogP contribution in [0.1, 0.15) is 31.1 Å². The number of pyridine rings is 1. The van der Waals surface area contributed by atoms with Crippen LogP contribution in [0.5, 0.6) is 0 Å². The number of carbonyl (C=O) groups excluding carboxylic acids is 2. The summed E-state index contributed by atoms with van der Waals surface area (Å²) >= 11 is 0. The smallest absolute Gasteiger partial charge is 0.252 e. The Bertz CT molecular complexity index is 404. The fourth-order valence-corrected chi connectivity index (χ4v) is 1.67. The van der Waals surface area contributed by atoms with Gasteiger partial charge >= 0.3 is 0 Å². The highest BCUT2D eigenvalue weighted by Crippen LogP contribution is 1.98. The van der Waals surface area contributed by atoms with Crippen molar-refractivity contribution in [3.63, 3.8) is 0 Å². The van der Waals surface area contributed by atoms with Crippen LogP contribution in [0.2, 0.25) is 0 Å². The number of rotatable bonds is 5. The Morgan fingerprint density at radius 1 is 1.44 bits per heavy atom. The minimum Gasteiger partial charge on any atom is -0.350 e. The van der Waals surface area contributed by atoms with E-state index in [0.717, 1.165) is 0 Å². The number of carbonyl (C=O) groups is 2. The topological polar surface area (TPSA) is 62.3 Å². The van der Waals surface area contributed by atoms with Crippen molar-refractivity contribution in [1.29, 1.82) is 0 Å². The Morgan fingerprint density at radius 2 is 2.17 bits per heavy atom. The van der Waals surface area contributed by atoms with Crippen LogP contribution in [-0.4, -0.2) is 40.8 Å². The van der Waals surface area contributed by atoms with Crippen LogP contribution in [0.4, 0.5) is 0 Å². The summed E-state index contributed by atoms with van der Waals surface area (Å²) in [5.74, 6) is -0.156. The van der Waals surface area contributed by atoms with Gasteiger partial charge in [0.15, 0.2) is 0 Å². The van der Waals surface area contributed by atoms with Crippen LogP contribution in [0.15, 0.2) is 24.5 Å². The predicted molar refractivity (Wildman–Crippen MR) is 69.1 cm³/mol. The van der Waals surface area contributed by atoms with E-state index in [1.54, 1.807) is 23.2 Å². The first-order chi connectivity index (χ1) is 8.52. The van der Waals surface area contributed by atoms with Crippen molar-refractivity contribution in [2.45, 2.75) is 26.8 Å². The molecule has 0 aliphatic carbocycles. The van der Waals surface area contributed by atoms with E-state index < -0.39 is 0 Å². The molecule has 0 spiro atoms. The van der Waals surface area contributed by atoms with Gasteiger partial charge in [0.1, 0.15) is 0 Å². The fraction of sp³-hybridized carbons (Fsp3) is 0.462. The second-order valence-corrected chi connectivity index (χ2v) is 4.30. The van der Waals surface area contributed by atoms with Crippen molar-refractivity contribution in [3.8, 4) is 0 Å². The van der Waals surface area contributed by atoms with Crippen molar-refractivity contribution in [1.82, 2.24) is 15.2 Å². The van der Waals surface area contributed by atoms with Gasteiger partial charge < -0.3 is 10.2 Å². The summed E-state index contributed by atoms with van der Waals surface area (Å²) in [6.07, 6.45) is 3.13. The third-order valence-electron chi connectivity index (χ3n) is 2.59. The molecule has 1 aromatic rings. The summed E-state index contributed by atoms with van der Waals surface area (Å²) in [7, 11) is 0. The van der Waals surface area contributed by atoms with Gasteiger partial charge in [-0.05, 0) is 26.0 Å². The van der Waals surface area contributed by atoms with Crippen LogP contribution in [0.25, 0.3) is 0 Å². The lowest BCUT2D eigenvalue weighted by molar-refractivity contribution is -0.130. The number of nitrogens with one attached hydrogen (secondary N) is 1. The molecule has 98 valence electrons. The summed E-state index contributed by atoms with van der Waals surface area (Å²) < 4.78 is 0. The molecule has 0 unspecified atom stereocenters. The van der Waals surface area contributed by atoms with Crippen molar-refractivity contribution < 1.29 is 9.59 Å². The molecule has 0 fully saturated rings. The van der Waals surface area contributed by atoms with E-state index in [-0.39, 0.29) is 17.9 Å². The van der Waals surface area contributed by atoms with Crippen LogP contribution in [0, 0.1) is 0 Å². The van der Waals surface area contributed by atoms with E-state index in [4.69, 9.17) is 0 Å².